The monoisotopic (exact) mass is 373 g/mol. The Morgan fingerprint density at radius 3 is 2.72 bits per heavy atom. The van der Waals surface area contributed by atoms with Gasteiger partial charge in [-0.1, -0.05) is 41.6 Å². The number of aromatic amines is 1. The van der Waals surface area contributed by atoms with Gasteiger partial charge in [-0.3, -0.25) is 14.6 Å². The second-order valence-corrected chi connectivity index (χ2v) is 7.11. The van der Waals surface area contributed by atoms with Crippen molar-refractivity contribution >= 4 is 34.1 Å². The molecule has 0 bridgehead atoms. The van der Waals surface area contributed by atoms with Gasteiger partial charge in [-0.25, -0.2) is 4.98 Å². The summed E-state index contributed by atoms with van der Waals surface area (Å²) in [5.74, 6) is -0.120. The summed E-state index contributed by atoms with van der Waals surface area (Å²) in [5, 5.41) is 13.0. The fourth-order valence-electron chi connectivity index (χ4n) is 1.92. The quantitative estimate of drug-likeness (QED) is 0.667. The fraction of sp³-hybridized carbons (Fsp3) is 0.188. The first kappa shape index (κ1) is 17.3. The van der Waals surface area contributed by atoms with Crippen LogP contribution >= 0.6 is 23.1 Å². The average molecular weight is 373 g/mol. The maximum absolute atomic E-state index is 12.0. The molecule has 2 aromatic heterocycles. The maximum atomic E-state index is 12.0. The van der Waals surface area contributed by atoms with Crippen molar-refractivity contribution in [1.29, 1.82) is 0 Å². The van der Waals surface area contributed by atoms with Crippen LogP contribution in [0.5, 0.6) is 0 Å². The molecule has 9 heteroatoms. The number of hydrogen-bond donors (Lipinski definition) is 2. The van der Waals surface area contributed by atoms with Gasteiger partial charge >= 0.3 is 0 Å². The largest absolute Gasteiger partial charge is 0.301 e. The number of H-pyrrole nitrogens is 1. The second kappa shape index (κ2) is 7.58. The van der Waals surface area contributed by atoms with Crippen LogP contribution in [-0.4, -0.2) is 31.8 Å². The van der Waals surface area contributed by atoms with Crippen molar-refractivity contribution < 1.29 is 4.79 Å². The number of benzene rings is 1. The Bertz CT molecular complexity index is 950. The van der Waals surface area contributed by atoms with Crippen molar-refractivity contribution in [2.45, 2.75) is 19.0 Å². The molecule has 0 radical (unpaired) electrons. The zero-order chi connectivity index (χ0) is 17.8. The van der Waals surface area contributed by atoms with Crippen molar-refractivity contribution in [1.82, 2.24) is 20.2 Å². The highest BCUT2D eigenvalue weighted by molar-refractivity contribution is 7.99. The summed E-state index contributed by atoms with van der Waals surface area (Å²) in [5.41, 5.74) is 2.99. The number of aryl methyl sites for hydroxylation is 2. The Morgan fingerprint density at radius 2 is 2.00 bits per heavy atom. The number of amides is 1. The van der Waals surface area contributed by atoms with Crippen LogP contribution < -0.4 is 10.9 Å². The number of anilines is 1. The summed E-state index contributed by atoms with van der Waals surface area (Å²) in [6, 6.07) is 8.04. The summed E-state index contributed by atoms with van der Waals surface area (Å²) >= 11 is 2.48. The molecule has 3 aromatic rings. The molecule has 0 saturated carbocycles. The molecule has 0 spiro atoms. The third-order valence-corrected chi connectivity index (χ3v) is 4.90. The Balaban J connectivity index is 1.58. The van der Waals surface area contributed by atoms with Gasteiger partial charge in [0.2, 0.25) is 5.91 Å². The fourth-order valence-corrected chi connectivity index (χ4v) is 3.26. The van der Waals surface area contributed by atoms with E-state index in [0.717, 1.165) is 23.0 Å². The minimum absolute atomic E-state index is 0.104. The van der Waals surface area contributed by atoms with E-state index in [9.17, 15) is 9.59 Å². The van der Waals surface area contributed by atoms with Gasteiger partial charge in [0.1, 0.15) is 5.69 Å². The van der Waals surface area contributed by atoms with E-state index in [1.807, 2.05) is 36.6 Å². The molecular formula is C16H15N5O2S2. The number of nitrogens with one attached hydrogen (secondary N) is 2. The Hall–Kier alpha value is -2.52. The van der Waals surface area contributed by atoms with E-state index in [0.29, 0.717) is 16.0 Å². The number of nitrogens with zero attached hydrogens (tertiary/aromatic N) is 3. The number of carbonyl (C=O) groups excluding carboxylic acids is 1. The number of carbonyl (C=O) groups is 1. The number of hydrogen-bond acceptors (Lipinski definition) is 7. The molecule has 7 nitrogen and oxygen atoms in total. The first-order chi connectivity index (χ1) is 12.0. The first-order valence-electron chi connectivity index (χ1n) is 7.40. The number of rotatable bonds is 5. The standard InChI is InChI=1S/C16H15N5O2S2/c1-9-3-5-11(6-4-9)12-7-24-15(17-12)18-13(22)8-25-16-19-14(23)10(2)20-21-16/h3-7H,8H2,1-2H3,(H,17,18,22)(H,19,21,23). The molecule has 0 saturated heterocycles. The lowest BCUT2D eigenvalue weighted by molar-refractivity contribution is -0.113. The van der Waals surface area contributed by atoms with Crippen molar-refractivity contribution in [3.05, 3.63) is 51.3 Å². The van der Waals surface area contributed by atoms with Gasteiger partial charge in [0.25, 0.3) is 5.56 Å². The Kier molecular flexibility index (Phi) is 5.25. The Morgan fingerprint density at radius 1 is 1.24 bits per heavy atom. The maximum Gasteiger partial charge on any atom is 0.273 e. The smallest absolute Gasteiger partial charge is 0.273 e. The molecular weight excluding hydrogens is 358 g/mol. The first-order valence-corrected chi connectivity index (χ1v) is 9.26. The molecule has 0 aliphatic carbocycles. The lowest BCUT2D eigenvalue weighted by Gasteiger charge is -2.01. The van der Waals surface area contributed by atoms with E-state index in [1.54, 1.807) is 6.92 Å². The second-order valence-electron chi connectivity index (χ2n) is 5.29. The normalized spacial score (nSPS) is 10.6. The van der Waals surface area contributed by atoms with E-state index < -0.39 is 0 Å². The molecule has 3 rings (SSSR count). The topological polar surface area (TPSA) is 101 Å². The van der Waals surface area contributed by atoms with E-state index in [4.69, 9.17) is 0 Å². The third kappa shape index (κ3) is 4.52. The van der Waals surface area contributed by atoms with Crippen molar-refractivity contribution in [3.8, 4) is 11.3 Å². The number of thiazole rings is 1. The molecule has 25 heavy (non-hydrogen) atoms. The van der Waals surface area contributed by atoms with Gasteiger partial charge in [-0.05, 0) is 13.8 Å². The molecule has 0 atom stereocenters. The van der Waals surface area contributed by atoms with Gasteiger partial charge in [0.15, 0.2) is 10.3 Å². The highest BCUT2D eigenvalue weighted by atomic mass is 32.2. The van der Waals surface area contributed by atoms with Gasteiger partial charge in [0, 0.05) is 10.9 Å². The summed E-state index contributed by atoms with van der Waals surface area (Å²) in [6.45, 7) is 3.60. The minimum atomic E-state index is -0.305. The average Bonchev–Trinajstić information content (AvgIpc) is 3.05. The van der Waals surface area contributed by atoms with Crippen LogP contribution in [0.2, 0.25) is 0 Å². The predicted molar refractivity (Wildman–Crippen MR) is 99.0 cm³/mol. The lowest BCUT2D eigenvalue weighted by atomic mass is 10.1. The van der Waals surface area contributed by atoms with Gasteiger partial charge in [0.05, 0.1) is 11.4 Å². The number of aromatic nitrogens is 4. The zero-order valence-electron chi connectivity index (χ0n) is 13.6. The predicted octanol–water partition coefficient (Wildman–Crippen LogP) is 2.64. The summed E-state index contributed by atoms with van der Waals surface area (Å²) < 4.78 is 0. The van der Waals surface area contributed by atoms with Gasteiger partial charge in [-0.15, -0.1) is 21.5 Å². The molecule has 128 valence electrons. The molecule has 2 heterocycles. The molecule has 0 aliphatic heterocycles. The zero-order valence-corrected chi connectivity index (χ0v) is 15.2. The van der Waals surface area contributed by atoms with E-state index in [-0.39, 0.29) is 17.2 Å². The van der Waals surface area contributed by atoms with Crippen LogP contribution in [0.15, 0.2) is 39.6 Å². The number of thioether (sulfide) groups is 1. The van der Waals surface area contributed by atoms with Gasteiger partial charge < -0.3 is 5.32 Å². The third-order valence-electron chi connectivity index (χ3n) is 3.28. The summed E-state index contributed by atoms with van der Waals surface area (Å²) in [6.07, 6.45) is 0. The van der Waals surface area contributed by atoms with Crippen molar-refractivity contribution in [2.24, 2.45) is 0 Å². The minimum Gasteiger partial charge on any atom is -0.301 e. The molecule has 0 unspecified atom stereocenters. The van der Waals surface area contributed by atoms with E-state index >= 15 is 0 Å². The van der Waals surface area contributed by atoms with Crippen LogP contribution in [0.1, 0.15) is 11.3 Å². The Labute approximate surface area is 151 Å². The van der Waals surface area contributed by atoms with Crippen LogP contribution in [0.3, 0.4) is 0 Å². The van der Waals surface area contributed by atoms with E-state index in [2.05, 4.69) is 25.5 Å². The highest BCUT2D eigenvalue weighted by Crippen LogP contribution is 2.25. The highest BCUT2D eigenvalue weighted by Gasteiger charge is 2.10. The summed E-state index contributed by atoms with van der Waals surface area (Å²) in [4.78, 5) is 30.5. The lowest BCUT2D eigenvalue weighted by Crippen LogP contribution is -2.17. The molecule has 0 aliphatic rings. The molecule has 2 N–H and O–H groups in total. The van der Waals surface area contributed by atoms with E-state index in [1.165, 1.54) is 16.9 Å². The van der Waals surface area contributed by atoms with Crippen molar-refractivity contribution in [3.63, 3.8) is 0 Å². The van der Waals surface area contributed by atoms with Crippen LogP contribution in [-0.2, 0) is 4.79 Å². The van der Waals surface area contributed by atoms with Crippen LogP contribution in [0.4, 0.5) is 5.13 Å². The van der Waals surface area contributed by atoms with Crippen LogP contribution in [0.25, 0.3) is 11.3 Å². The van der Waals surface area contributed by atoms with Crippen molar-refractivity contribution in [2.75, 3.05) is 11.1 Å². The SMILES string of the molecule is Cc1ccc(-c2csc(NC(=O)CSc3nnc(C)c(=O)[nH]3)n2)cc1. The molecule has 0 fully saturated rings. The molecule has 1 aromatic carbocycles. The summed E-state index contributed by atoms with van der Waals surface area (Å²) in [7, 11) is 0. The molecule has 1 amide bonds. The van der Waals surface area contributed by atoms with Crippen LogP contribution in [0, 0.1) is 13.8 Å². The van der Waals surface area contributed by atoms with Gasteiger partial charge in [-0.2, -0.15) is 0 Å².